The molecular weight excluding hydrogens is 278 g/mol. The fraction of sp³-hybridized carbons (Fsp3) is 0.133. The van der Waals surface area contributed by atoms with Crippen molar-refractivity contribution in [3.05, 3.63) is 53.6 Å². The van der Waals surface area contributed by atoms with Crippen LogP contribution in [0.1, 0.15) is 6.92 Å². The Morgan fingerprint density at radius 3 is 2.70 bits per heavy atom. The summed E-state index contributed by atoms with van der Waals surface area (Å²) in [5.74, 6) is 0.304. The molecule has 1 amide bonds. The zero-order chi connectivity index (χ0) is 14.5. The van der Waals surface area contributed by atoms with Gasteiger partial charge < -0.3 is 15.2 Å². The molecule has 20 heavy (non-hydrogen) atoms. The van der Waals surface area contributed by atoms with Gasteiger partial charge in [-0.25, -0.2) is 0 Å². The van der Waals surface area contributed by atoms with Crippen LogP contribution in [0.2, 0.25) is 5.02 Å². The molecule has 2 aromatic carbocycles. The highest BCUT2D eigenvalue weighted by Crippen LogP contribution is 2.19. The quantitative estimate of drug-likeness (QED) is 0.907. The summed E-state index contributed by atoms with van der Waals surface area (Å²) < 4.78 is 5.50. The van der Waals surface area contributed by atoms with Crippen LogP contribution in [0.15, 0.2) is 48.5 Å². The van der Waals surface area contributed by atoms with Crippen LogP contribution in [0.3, 0.4) is 0 Å². The molecule has 2 rings (SSSR count). The average Bonchev–Trinajstić information content (AvgIpc) is 2.38. The van der Waals surface area contributed by atoms with Crippen LogP contribution in [-0.2, 0) is 4.79 Å². The number of hydrogen-bond acceptors (Lipinski definition) is 3. The molecular formula is C15H14ClNO3. The normalized spacial score (nSPS) is 11.7. The van der Waals surface area contributed by atoms with E-state index in [4.69, 9.17) is 16.3 Å². The van der Waals surface area contributed by atoms with Crippen molar-refractivity contribution in [2.75, 3.05) is 5.32 Å². The minimum Gasteiger partial charge on any atom is -0.508 e. The van der Waals surface area contributed by atoms with Crippen molar-refractivity contribution < 1.29 is 14.6 Å². The van der Waals surface area contributed by atoms with Crippen LogP contribution in [0.4, 0.5) is 5.69 Å². The monoisotopic (exact) mass is 291 g/mol. The van der Waals surface area contributed by atoms with Gasteiger partial charge in [0.25, 0.3) is 5.91 Å². The Morgan fingerprint density at radius 2 is 2.00 bits per heavy atom. The standard InChI is InChI=1S/C15H14ClNO3/c1-10(20-14-7-2-4-11(16)8-14)15(19)17-12-5-3-6-13(18)9-12/h2-10,18H,1H3,(H,17,19). The maximum Gasteiger partial charge on any atom is 0.265 e. The molecule has 5 heteroatoms. The van der Waals surface area contributed by atoms with Gasteiger partial charge in [-0.15, -0.1) is 0 Å². The number of phenolic OH excluding ortho intramolecular Hbond substituents is 1. The molecule has 4 nitrogen and oxygen atoms in total. The Hall–Kier alpha value is -2.20. The highest BCUT2D eigenvalue weighted by atomic mass is 35.5. The lowest BCUT2D eigenvalue weighted by molar-refractivity contribution is -0.122. The number of halogens is 1. The summed E-state index contributed by atoms with van der Waals surface area (Å²) in [7, 11) is 0. The van der Waals surface area contributed by atoms with Crippen LogP contribution >= 0.6 is 11.6 Å². The van der Waals surface area contributed by atoms with E-state index in [-0.39, 0.29) is 11.7 Å². The maximum atomic E-state index is 12.0. The van der Waals surface area contributed by atoms with E-state index >= 15 is 0 Å². The molecule has 0 bridgehead atoms. The van der Waals surface area contributed by atoms with Crippen molar-refractivity contribution in [3.63, 3.8) is 0 Å². The van der Waals surface area contributed by atoms with E-state index in [2.05, 4.69) is 5.32 Å². The van der Waals surface area contributed by atoms with Crippen LogP contribution in [0.25, 0.3) is 0 Å². The molecule has 0 fully saturated rings. The third-order valence-electron chi connectivity index (χ3n) is 2.59. The maximum absolute atomic E-state index is 12.0. The first-order chi connectivity index (χ1) is 9.54. The Kier molecular flexibility index (Phi) is 4.48. The molecule has 0 spiro atoms. The number of benzene rings is 2. The number of amides is 1. The summed E-state index contributed by atoms with van der Waals surface area (Å²) in [5.41, 5.74) is 0.511. The molecule has 0 heterocycles. The Bertz CT molecular complexity index is 616. The van der Waals surface area contributed by atoms with Gasteiger partial charge in [-0.1, -0.05) is 23.7 Å². The van der Waals surface area contributed by atoms with E-state index in [1.165, 1.54) is 12.1 Å². The lowest BCUT2D eigenvalue weighted by Crippen LogP contribution is -2.30. The smallest absolute Gasteiger partial charge is 0.265 e. The van der Waals surface area contributed by atoms with Crippen LogP contribution in [0, 0.1) is 0 Å². The molecule has 0 radical (unpaired) electrons. The van der Waals surface area contributed by atoms with Crippen molar-refractivity contribution in [1.29, 1.82) is 0 Å². The summed E-state index contributed by atoms with van der Waals surface area (Å²) in [6, 6.07) is 13.2. The van der Waals surface area contributed by atoms with E-state index in [1.807, 2.05) is 0 Å². The van der Waals surface area contributed by atoms with Crippen molar-refractivity contribution in [2.45, 2.75) is 13.0 Å². The van der Waals surface area contributed by atoms with Gasteiger partial charge in [0.05, 0.1) is 0 Å². The van der Waals surface area contributed by atoms with Crippen molar-refractivity contribution in [1.82, 2.24) is 0 Å². The minimum absolute atomic E-state index is 0.0891. The second kappa shape index (κ2) is 6.30. The fourth-order valence-electron chi connectivity index (χ4n) is 1.63. The minimum atomic E-state index is -0.684. The van der Waals surface area contributed by atoms with Crippen molar-refractivity contribution >= 4 is 23.2 Å². The zero-order valence-electron chi connectivity index (χ0n) is 10.8. The van der Waals surface area contributed by atoms with Crippen LogP contribution in [-0.4, -0.2) is 17.1 Å². The number of rotatable bonds is 4. The number of carbonyl (C=O) groups is 1. The van der Waals surface area contributed by atoms with E-state index in [0.29, 0.717) is 16.5 Å². The molecule has 2 aromatic rings. The SMILES string of the molecule is CC(Oc1cccc(Cl)c1)C(=O)Nc1cccc(O)c1. The molecule has 0 aliphatic carbocycles. The predicted molar refractivity (Wildman–Crippen MR) is 78.3 cm³/mol. The molecule has 104 valence electrons. The van der Waals surface area contributed by atoms with Gasteiger partial charge in [0.2, 0.25) is 0 Å². The summed E-state index contributed by atoms with van der Waals surface area (Å²) in [6.07, 6.45) is -0.684. The molecule has 0 aliphatic rings. The molecule has 0 saturated carbocycles. The van der Waals surface area contributed by atoms with E-state index in [0.717, 1.165) is 0 Å². The topological polar surface area (TPSA) is 58.6 Å². The third-order valence-corrected chi connectivity index (χ3v) is 2.83. The first-order valence-electron chi connectivity index (χ1n) is 6.07. The van der Waals surface area contributed by atoms with Crippen LogP contribution in [0.5, 0.6) is 11.5 Å². The number of aromatic hydroxyl groups is 1. The highest BCUT2D eigenvalue weighted by Gasteiger charge is 2.15. The van der Waals surface area contributed by atoms with Gasteiger partial charge in [-0.3, -0.25) is 4.79 Å². The number of hydrogen-bond donors (Lipinski definition) is 2. The number of anilines is 1. The highest BCUT2D eigenvalue weighted by molar-refractivity contribution is 6.30. The molecule has 2 N–H and O–H groups in total. The van der Waals surface area contributed by atoms with Gasteiger partial charge >= 0.3 is 0 Å². The predicted octanol–water partition coefficient (Wildman–Crippen LogP) is 3.45. The first-order valence-corrected chi connectivity index (χ1v) is 6.44. The second-order valence-electron chi connectivity index (χ2n) is 4.26. The molecule has 1 atom stereocenters. The van der Waals surface area contributed by atoms with E-state index < -0.39 is 6.10 Å². The number of ether oxygens (including phenoxy) is 1. The average molecular weight is 292 g/mol. The Morgan fingerprint density at radius 1 is 1.25 bits per heavy atom. The van der Waals surface area contributed by atoms with Gasteiger partial charge in [-0.2, -0.15) is 0 Å². The van der Waals surface area contributed by atoms with Crippen molar-refractivity contribution in [2.24, 2.45) is 0 Å². The Balaban J connectivity index is 1.98. The number of carbonyl (C=O) groups excluding carboxylic acids is 1. The molecule has 0 aliphatic heterocycles. The van der Waals surface area contributed by atoms with Gasteiger partial charge in [0, 0.05) is 16.8 Å². The summed E-state index contributed by atoms with van der Waals surface area (Å²) >= 11 is 5.85. The summed E-state index contributed by atoms with van der Waals surface area (Å²) in [5, 5.41) is 12.5. The number of phenols is 1. The van der Waals surface area contributed by atoms with Crippen LogP contribution < -0.4 is 10.1 Å². The lowest BCUT2D eigenvalue weighted by atomic mass is 10.2. The first kappa shape index (κ1) is 14.2. The van der Waals surface area contributed by atoms with Gasteiger partial charge in [0.1, 0.15) is 11.5 Å². The largest absolute Gasteiger partial charge is 0.508 e. The van der Waals surface area contributed by atoms with Gasteiger partial charge in [-0.05, 0) is 37.3 Å². The third kappa shape index (κ3) is 3.90. The zero-order valence-corrected chi connectivity index (χ0v) is 11.6. The lowest BCUT2D eigenvalue weighted by Gasteiger charge is -2.15. The van der Waals surface area contributed by atoms with E-state index in [1.54, 1.807) is 43.3 Å². The summed E-state index contributed by atoms with van der Waals surface area (Å²) in [4.78, 5) is 12.0. The number of nitrogens with one attached hydrogen (secondary N) is 1. The van der Waals surface area contributed by atoms with Gasteiger partial charge in [0.15, 0.2) is 6.10 Å². The second-order valence-corrected chi connectivity index (χ2v) is 4.69. The molecule has 0 aromatic heterocycles. The fourth-order valence-corrected chi connectivity index (χ4v) is 1.81. The van der Waals surface area contributed by atoms with E-state index in [9.17, 15) is 9.90 Å². The Labute approximate surface area is 122 Å². The molecule has 0 saturated heterocycles. The summed E-state index contributed by atoms with van der Waals surface area (Å²) in [6.45, 7) is 1.64. The van der Waals surface area contributed by atoms with Crippen molar-refractivity contribution in [3.8, 4) is 11.5 Å². The molecule has 1 unspecified atom stereocenters.